The molecule has 1 fully saturated rings. The van der Waals surface area contributed by atoms with Crippen LogP contribution in [0, 0.1) is 5.92 Å². The van der Waals surface area contributed by atoms with E-state index < -0.39 is 12.0 Å². The van der Waals surface area contributed by atoms with Crippen molar-refractivity contribution in [3.63, 3.8) is 0 Å². The second kappa shape index (κ2) is 10.3. The Hall–Kier alpha value is -4.00. The molecule has 1 saturated heterocycles. The number of nitrogens with one attached hydrogen (secondary N) is 1. The molecule has 0 radical (unpaired) electrons. The number of nitrogens with zero attached hydrogens (tertiary/aromatic N) is 1. The summed E-state index contributed by atoms with van der Waals surface area (Å²) in [5, 5.41) is 2.98. The SMILES string of the molecule is CCOc1ccccc1NC(=O)C1CC(=O)N(c2ccc(OC)cc2)C1c1ccc(OC)cc1. The molecule has 3 aromatic carbocycles. The molecule has 3 aromatic rings. The molecular formula is C27H28N2O5. The highest BCUT2D eigenvalue weighted by atomic mass is 16.5. The molecule has 2 amide bonds. The highest BCUT2D eigenvalue weighted by molar-refractivity contribution is 6.05. The first kappa shape index (κ1) is 23.2. The number of rotatable bonds is 8. The van der Waals surface area contributed by atoms with E-state index in [9.17, 15) is 9.59 Å². The predicted octanol–water partition coefficient (Wildman–Crippen LogP) is 4.84. The zero-order valence-electron chi connectivity index (χ0n) is 19.5. The lowest BCUT2D eigenvalue weighted by Crippen LogP contribution is -2.32. The van der Waals surface area contributed by atoms with Crippen LogP contribution in [0.4, 0.5) is 11.4 Å². The number of carbonyl (C=O) groups is 2. The number of anilines is 2. The van der Waals surface area contributed by atoms with Crippen LogP contribution < -0.4 is 24.4 Å². The summed E-state index contributed by atoms with van der Waals surface area (Å²) in [6.45, 7) is 2.37. The number of hydrogen-bond donors (Lipinski definition) is 1. The summed E-state index contributed by atoms with van der Waals surface area (Å²) in [4.78, 5) is 28.4. The Morgan fingerprint density at radius 3 is 2.18 bits per heavy atom. The van der Waals surface area contributed by atoms with E-state index in [1.807, 2.05) is 61.5 Å². The van der Waals surface area contributed by atoms with E-state index in [0.29, 0.717) is 35.2 Å². The summed E-state index contributed by atoms with van der Waals surface area (Å²) in [5.74, 6) is 1.03. The lowest BCUT2D eigenvalue weighted by atomic mass is 9.92. The van der Waals surface area contributed by atoms with Crippen molar-refractivity contribution in [2.45, 2.75) is 19.4 Å². The van der Waals surface area contributed by atoms with E-state index in [4.69, 9.17) is 14.2 Å². The van der Waals surface area contributed by atoms with Crippen LogP contribution in [0.15, 0.2) is 72.8 Å². The van der Waals surface area contributed by atoms with Gasteiger partial charge in [-0.3, -0.25) is 9.59 Å². The lowest BCUT2D eigenvalue weighted by molar-refractivity contribution is -0.122. The van der Waals surface area contributed by atoms with E-state index in [1.54, 1.807) is 37.3 Å². The van der Waals surface area contributed by atoms with Crippen molar-refractivity contribution in [2.75, 3.05) is 31.0 Å². The average molecular weight is 461 g/mol. The third-order valence-electron chi connectivity index (χ3n) is 5.91. The van der Waals surface area contributed by atoms with E-state index in [2.05, 4.69) is 5.32 Å². The van der Waals surface area contributed by atoms with Gasteiger partial charge >= 0.3 is 0 Å². The van der Waals surface area contributed by atoms with Crippen molar-refractivity contribution in [1.82, 2.24) is 0 Å². The zero-order valence-corrected chi connectivity index (χ0v) is 19.5. The molecule has 176 valence electrons. The van der Waals surface area contributed by atoms with Crippen LogP contribution in [-0.2, 0) is 9.59 Å². The Kier molecular flexibility index (Phi) is 7.01. The van der Waals surface area contributed by atoms with Crippen molar-refractivity contribution in [2.24, 2.45) is 5.92 Å². The van der Waals surface area contributed by atoms with Gasteiger partial charge < -0.3 is 24.4 Å². The fourth-order valence-corrected chi connectivity index (χ4v) is 4.28. The second-order valence-electron chi connectivity index (χ2n) is 7.91. The number of methoxy groups -OCH3 is 2. The third-order valence-corrected chi connectivity index (χ3v) is 5.91. The van der Waals surface area contributed by atoms with Crippen LogP contribution in [0.2, 0.25) is 0 Å². The number of ether oxygens (including phenoxy) is 3. The maximum atomic E-state index is 13.5. The fourth-order valence-electron chi connectivity index (χ4n) is 4.28. The third kappa shape index (κ3) is 4.69. The molecule has 1 N–H and O–H groups in total. The Bertz CT molecular complexity index is 1140. The molecule has 1 aliphatic heterocycles. The van der Waals surface area contributed by atoms with Gasteiger partial charge in [0, 0.05) is 12.1 Å². The second-order valence-corrected chi connectivity index (χ2v) is 7.91. The first-order valence-corrected chi connectivity index (χ1v) is 11.2. The van der Waals surface area contributed by atoms with Crippen LogP contribution in [0.25, 0.3) is 0 Å². The van der Waals surface area contributed by atoms with Crippen molar-refractivity contribution in [3.8, 4) is 17.2 Å². The van der Waals surface area contributed by atoms with Gasteiger partial charge in [0.1, 0.15) is 17.2 Å². The Balaban J connectivity index is 1.70. The van der Waals surface area contributed by atoms with Crippen molar-refractivity contribution < 1.29 is 23.8 Å². The molecule has 34 heavy (non-hydrogen) atoms. The maximum Gasteiger partial charge on any atom is 0.230 e. The molecule has 2 atom stereocenters. The summed E-state index contributed by atoms with van der Waals surface area (Å²) in [7, 11) is 3.19. The molecule has 7 nitrogen and oxygen atoms in total. The van der Waals surface area contributed by atoms with Crippen molar-refractivity contribution in [1.29, 1.82) is 0 Å². The van der Waals surface area contributed by atoms with E-state index in [-0.39, 0.29) is 18.2 Å². The van der Waals surface area contributed by atoms with Gasteiger partial charge in [-0.25, -0.2) is 0 Å². The zero-order chi connectivity index (χ0) is 24.1. The number of benzene rings is 3. The van der Waals surface area contributed by atoms with Gasteiger partial charge in [0.25, 0.3) is 0 Å². The van der Waals surface area contributed by atoms with Gasteiger partial charge in [0.2, 0.25) is 11.8 Å². The molecule has 1 heterocycles. The summed E-state index contributed by atoms with van der Waals surface area (Å²) in [5.41, 5.74) is 2.13. The molecule has 1 aliphatic rings. The quantitative estimate of drug-likeness (QED) is 0.521. The molecule has 0 bridgehead atoms. The summed E-state index contributed by atoms with van der Waals surface area (Å²) in [6.07, 6.45) is 0.0887. The van der Waals surface area contributed by atoms with E-state index in [1.165, 1.54) is 0 Å². The standard InChI is InChI=1S/C27H28N2O5/c1-4-34-24-8-6-5-7-23(24)28-27(31)22-17-25(30)29(19-11-15-21(33-3)16-12-19)26(22)18-9-13-20(32-2)14-10-18/h5-16,22,26H,4,17H2,1-3H3,(H,28,31). The van der Waals surface area contributed by atoms with Gasteiger partial charge in [-0.05, 0) is 61.0 Å². The number of hydrogen-bond acceptors (Lipinski definition) is 5. The molecule has 7 heteroatoms. The first-order valence-electron chi connectivity index (χ1n) is 11.2. The molecule has 0 saturated carbocycles. The van der Waals surface area contributed by atoms with Gasteiger partial charge in [0.05, 0.1) is 38.5 Å². The molecule has 0 aliphatic carbocycles. The van der Waals surface area contributed by atoms with Gasteiger partial charge in [-0.1, -0.05) is 24.3 Å². The average Bonchev–Trinajstić information content (AvgIpc) is 3.22. The normalized spacial score (nSPS) is 17.4. The molecule has 4 rings (SSSR count). The monoisotopic (exact) mass is 460 g/mol. The summed E-state index contributed by atoms with van der Waals surface area (Å²) >= 11 is 0. The molecule has 0 aromatic heterocycles. The molecule has 2 unspecified atom stereocenters. The maximum absolute atomic E-state index is 13.5. The Morgan fingerprint density at radius 1 is 0.941 bits per heavy atom. The molecule has 0 spiro atoms. The minimum atomic E-state index is -0.599. The van der Waals surface area contributed by atoms with Gasteiger partial charge in [-0.2, -0.15) is 0 Å². The predicted molar refractivity (Wildman–Crippen MR) is 131 cm³/mol. The van der Waals surface area contributed by atoms with Crippen LogP contribution in [0.3, 0.4) is 0 Å². The first-order chi connectivity index (χ1) is 16.5. The van der Waals surface area contributed by atoms with E-state index in [0.717, 1.165) is 5.56 Å². The minimum Gasteiger partial charge on any atom is -0.497 e. The number of amides is 2. The smallest absolute Gasteiger partial charge is 0.230 e. The number of carbonyl (C=O) groups excluding carboxylic acids is 2. The van der Waals surface area contributed by atoms with Crippen LogP contribution in [0.1, 0.15) is 24.9 Å². The lowest BCUT2D eigenvalue weighted by Gasteiger charge is -2.29. The van der Waals surface area contributed by atoms with Gasteiger partial charge in [-0.15, -0.1) is 0 Å². The largest absolute Gasteiger partial charge is 0.497 e. The van der Waals surface area contributed by atoms with Crippen molar-refractivity contribution >= 4 is 23.2 Å². The minimum absolute atomic E-state index is 0.0887. The summed E-state index contributed by atoms with van der Waals surface area (Å²) < 4.78 is 16.2. The van der Waals surface area contributed by atoms with Crippen LogP contribution >= 0.6 is 0 Å². The molecular weight excluding hydrogens is 432 g/mol. The van der Waals surface area contributed by atoms with Gasteiger partial charge in [0.15, 0.2) is 0 Å². The Morgan fingerprint density at radius 2 is 1.56 bits per heavy atom. The fraction of sp³-hybridized carbons (Fsp3) is 0.259. The van der Waals surface area contributed by atoms with E-state index >= 15 is 0 Å². The van der Waals surface area contributed by atoms with Crippen molar-refractivity contribution in [3.05, 3.63) is 78.4 Å². The Labute approximate surface area is 199 Å². The summed E-state index contributed by atoms with van der Waals surface area (Å²) in [6, 6.07) is 21.6. The topological polar surface area (TPSA) is 77.1 Å². The van der Waals surface area contributed by atoms with Crippen LogP contribution in [-0.4, -0.2) is 32.6 Å². The highest BCUT2D eigenvalue weighted by Crippen LogP contribution is 2.43. The number of para-hydroxylation sites is 2. The van der Waals surface area contributed by atoms with Crippen LogP contribution in [0.5, 0.6) is 17.2 Å². The highest BCUT2D eigenvalue weighted by Gasteiger charge is 2.45.